The number of rotatable bonds is 7. The predicted molar refractivity (Wildman–Crippen MR) is 67.5 cm³/mol. The van der Waals surface area contributed by atoms with Crippen molar-refractivity contribution in [3.05, 3.63) is 29.6 Å². The molecule has 1 amide bonds. The smallest absolute Gasteiger partial charge is 0.217 e. The summed E-state index contributed by atoms with van der Waals surface area (Å²) >= 11 is 0. The minimum atomic E-state index is -0.371. The number of primary amides is 1. The summed E-state index contributed by atoms with van der Waals surface area (Å²) in [4.78, 5) is 10.6. The third kappa shape index (κ3) is 4.33. The fourth-order valence-electron chi connectivity index (χ4n) is 1.75. The lowest BCUT2D eigenvalue weighted by molar-refractivity contribution is -0.118. The maximum absolute atomic E-state index is 13.7. The number of hydrogen-bond acceptors (Lipinski definition) is 3. The number of amides is 1. The lowest BCUT2D eigenvalue weighted by atomic mass is 10.0. The monoisotopic (exact) mass is 254 g/mol. The van der Waals surface area contributed by atoms with E-state index in [2.05, 4.69) is 0 Å². The van der Waals surface area contributed by atoms with Gasteiger partial charge in [0.2, 0.25) is 5.91 Å². The molecule has 0 spiro atoms. The molecule has 1 atom stereocenters. The van der Waals surface area contributed by atoms with Gasteiger partial charge in [0.25, 0.3) is 0 Å². The highest BCUT2D eigenvalue weighted by molar-refractivity contribution is 5.73. The SMILES string of the molecule is COc1ccc(C(N)CCCCC(N)=O)c(F)c1. The van der Waals surface area contributed by atoms with Crippen LogP contribution in [0.2, 0.25) is 0 Å². The molecule has 0 fully saturated rings. The van der Waals surface area contributed by atoms with Crippen LogP contribution in [0.4, 0.5) is 4.39 Å². The van der Waals surface area contributed by atoms with E-state index in [1.165, 1.54) is 13.2 Å². The number of benzene rings is 1. The van der Waals surface area contributed by atoms with Gasteiger partial charge in [0.1, 0.15) is 11.6 Å². The van der Waals surface area contributed by atoms with Gasteiger partial charge in [-0.25, -0.2) is 4.39 Å². The van der Waals surface area contributed by atoms with Crippen molar-refractivity contribution in [3.8, 4) is 5.75 Å². The van der Waals surface area contributed by atoms with Crippen molar-refractivity contribution >= 4 is 5.91 Å². The van der Waals surface area contributed by atoms with Crippen LogP contribution >= 0.6 is 0 Å². The van der Waals surface area contributed by atoms with E-state index < -0.39 is 0 Å². The molecular formula is C13H19FN2O2. The molecule has 0 aliphatic rings. The van der Waals surface area contributed by atoms with Gasteiger partial charge in [-0.2, -0.15) is 0 Å². The second kappa shape index (κ2) is 6.96. The van der Waals surface area contributed by atoms with Crippen molar-refractivity contribution in [3.63, 3.8) is 0 Å². The Balaban J connectivity index is 2.50. The number of hydrogen-bond donors (Lipinski definition) is 2. The Labute approximate surface area is 106 Å². The molecular weight excluding hydrogens is 235 g/mol. The number of unbranched alkanes of at least 4 members (excludes halogenated alkanes) is 1. The number of nitrogens with two attached hydrogens (primary N) is 2. The Kier molecular flexibility index (Phi) is 5.58. The molecule has 0 heterocycles. The Morgan fingerprint density at radius 2 is 2.17 bits per heavy atom. The van der Waals surface area contributed by atoms with Crippen LogP contribution in [-0.2, 0) is 4.79 Å². The van der Waals surface area contributed by atoms with Gasteiger partial charge in [-0.3, -0.25) is 4.79 Å². The fourth-order valence-corrected chi connectivity index (χ4v) is 1.75. The number of ether oxygens (including phenoxy) is 1. The van der Waals surface area contributed by atoms with Crippen LogP contribution < -0.4 is 16.2 Å². The molecule has 100 valence electrons. The van der Waals surface area contributed by atoms with Gasteiger partial charge >= 0.3 is 0 Å². The Hall–Kier alpha value is -1.62. The average Bonchev–Trinajstić information content (AvgIpc) is 2.33. The van der Waals surface area contributed by atoms with Crippen LogP contribution in [0, 0.1) is 5.82 Å². The average molecular weight is 254 g/mol. The van der Waals surface area contributed by atoms with Gasteiger partial charge in [0.15, 0.2) is 0 Å². The topological polar surface area (TPSA) is 78.3 Å². The van der Waals surface area contributed by atoms with E-state index in [-0.39, 0.29) is 17.8 Å². The summed E-state index contributed by atoms with van der Waals surface area (Å²) in [6.07, 6.45) is 2.39. The second-order valence-corrected chi connectivity index (χ2v) is 4.21. The third-order valence-corrected chi connectivity index (χ3v) is 2.80. The lowest BCUT2D eigenvalue weighted by Crippen LogP contribution is -2.13. The van der Waals surface area contributed by atoms with Crippen molar-refractivity contribution in [2.75, 3.05) is 7.11 Å². The summed E-state index contributed by atoms with van der Waals surface area (Å²) in [7, 11) is 1.48. The summed E-state index contributed by atoms with van der Waals surface area (Å²) in [5.74, 6) is -0.215. The molecule has 4 nitrogen and oxygen atoms in total. The van der Waals surface area contributed by atoms with Crippen LogP contribution in [0.25, 0.3) is 0 Å². The predicted octanol–water partition coefficient (Wildman–Crippen LogP) is 1.88. The van der Waals surface area contributed by atoms with E-state index in [1.807, 2.05) is 0 Å². The maximum Gasteiger partial charge on any atom is 0.217 e. The van der Waals surface area contributed by atoms with E-state index in [1.54, 1.807) is 12.1 Å². The molecule has 0 aliphatic heterocycles. The molecule has 1 aromatic carbocycles. The molecule has 1 unspecified atom stereocenters. The summed E-state index contributed by atoms with van der Waals surface area (Å²) < 4.78 is 18.6. The van der Waals surface area contributed by atoms with E-state index in [0.29, 0.717) is 30.6 Å². The van der Waals surface area contributed by atoms with E-state index in [0.717, 1.165) is 6.42 Å². The molecule has 4 N–H and O–H groups in total. The number of methoxy groups -OCH3 is 1. The molecule has 1 rings (SSSR count). The normalized spacial score (nSPS) is 12.2. The van der Waals surface area contributed by atoms with Gasteiger partial charge in [-0.15, -0.1) is 0 Å². The molecule has 5 heteroatoms. The van der Waals surface area contributed by atoms with Crippen LogP contribution in [0.3, 0.4) is 0 Å². The van der Waals surface area contributed by atoms with Crippen molar-refractivity contribution < 1.29 is 13.9 Å². The van der Waals surface area contributed by atoms with E-state index >= 15 is 0 Å². The van der Waals surface area contributed by atoms with Crippen molar-refractivity contribution in [2.45, 2.75) is 31.7 Å². The van der Waals surface area contributed by atoms with Gasteiger partial charge < -0.3 is 16.2 Å². The number of carbonyl (C=O) groups excluding carboxylic acids is 1. The molecule has 0 saturated carbocycles. The highest BCUT2D eigenvalue weighted by Crippen LogP contribution is 2.23. The second-order valence-electron chi connectivity index (χ2n) is 4.21. The zero-order valence-electron chi connectivity index (χ0n) is 10.5. The standard InChI is InChI=1S/C13H19FN2O2/c1-18-9-6-7-10(11(14)8-9)12(15)4-2-3-5-13(16)17/h6-8,12H,2-5,15H2,1H3,(H2,16,17). The quantitative estimate of drug-likeness (QED) is 0.729. The van der Waals surface area contributed by atoms with Crippen molar-refractivity contribution in [1.29, 1.82) is 0 Å². The van der Waals surface area contributed by atoms with Crippen LogP contribution in [0.1, 0.15) is 37.3 Å². The highest BCUT2D eigenvalue weighted by atomic mass is 19.1. The van der Waals surface area contributed by atoms with E-state index in [9.17, 15) is 9.18 Å². The summed E-state index contributed by atoms with van der Waals surface area (Å²) in [6, 6.07) is 4.26. The largest absolute Gasteiger partial charge is 0.497 e. The maximum atomic E-state index is 13.7. The first kappa shape index (κ1) is 14.4. The van der Waals surface area contributed by atoms with Gasteiger partial charge in [0, 0.05) is 24.1 Å². The summed E-state index contributed by atoms with van der Waals surface area (Å²) in [6.45, 7) is 0. The molecule has 0 bridgehead atoms. The van der Waals surface area contributed by atoms with Gasteiger partial charge in [-0.05, 0) is 18.9 Å². The first-order chi connectivity index (χ1) is 8.54. The number of carbonyl (C=O) groups is 1. The van der Waals surface area contributed by atoms with Crippen LogP contribution in [0.15, 0.2) is 18.2 Å². The minimum Gasteiger partial charge on any atom is -0.497 e. The van der Waals surface area contributed by atoms with Crippen molar-refractivity contribution in [1.82, 2.24) is 0 Å². The Bertz CT molecular complexity index is 410. The zero-order valence-corrected chi connectivity index (χ0v) is 10.5. The Morgan fingerprint density at radius 3 is 2.72 bits per heavy atom. The number of halogens is 1. The highest BCUT2D eigenvalue weighted by Gasteiger charge is 2.12. The van der Waals surface area contributed by atoms with E-state index in [4.69, 9.17) is 16.2 Å². The first-order valence-corrected chi connectivity index (χ1v) is 5.92. The molecule has 0 aromatic heterocycles. The molecule has 0 aliphatic carbocycles. The Morgan fingerprint density at radius 1 is 1.44 bits per heavy atom. The summed E-state index contributed by atoms with van der Waals surface area (Å²) in [5, 5.41) is 0. The molecule has 0 saturated heterocycles. The fraction of sp³-hybridized carbons (Fsp3) is 0.462. The lowest BCUT2D eigenvalue weighted by Gasteiger charge is -2.13. The summed E-state index contributed by atoms with van der Waals surface area (Å²) in [5.41, 5.74) is 11.4. The van der Waals surface area contributed by atoms with Crippen molar-refractivity contribution in [2.24, 2.45) is 11.5 Å². The molecule has 0 radical (unpaired) electrons. The molecule has 18 heavy (non-hydrogen) atoms. The minimum absolute atomic E-state index is 0.320. The first-order valence-electron chi connectivity index (χ1n) is 5.92. The van der Waals surface area contributed by atoms with Crippen LogP contribution in [-0.4, -0.2) is 13.0 Å². The van der Waals surface area contributed by atoms with Crippen LogP contribution in [0.5, 0.6) is 5.75 Å². The molecule has 1 aromatic rings. The van der Waals surface area contributed by atoms with Gasteiger partial charge in [0.05, 0.1) is 7.11 Å². The van der Waals surface area contributed by atoms with Gasteiger partial charge in [-0.1, -0.05) is 12.5 Å². The zero-order chi connectivity index (χ0) is 13.5. The third-order valence-electron chi connectivity index (χ3n) is 2.80.